The molecular weight excluding hydrogens is 234 g/mol. The first kappa shape index (κ1) is 11.7. The summed E-state index contributed by atoms with van der Waals surface area (Å²) in [5, 5.41) is 11.2. The van der Waals surface area contributed by atoms with Crippen molar-refractivity contribution in [3.63, 3.8) is 0 Å². The van der Waals surface area contributed by atoms with Gasteiger partial charge in [-0.05, 0) is 24.4 Å². The van der Waals surface area contributed by atoms with Gasteiger partial charge in [-0.25, -0.2) is 0 Å². The Morgan fingerprint density at radius 2 is 2.29 bits per heavy atom. The van der Waals surface area contributed by atoms with E-state index in [0.717, 1.165) is 11.5 Å². The Morgan fingerprint density at radius 1 is 1.47 bits per heavy atom. The van der Waals surface area contributed by atoms with Crippen LogP contribution in [0.15, 0.2) is 29.5 Å². The lowest BCUT2D eigenvalue weighted by Crippen LogP contribution is -2.01. The van der Waals surface area contributed by atoms with Crippen molar-refractivity contribution in [2.24, 2.45) is 5.10 Å². The van der Waals surface area contributed by atoms with Crippen LogP contribution in [0, 0.1) is 4.77 Å². The monoisotopic (exact) mass is 247 g/mol. The summed E-state index contributed by atoms with van der Waals surface area (Å²) in [5.41, 5.74) is 0.783. The van der Waals surface area contributed by atoms with E-state index in [2.05, 4.69) is 20.3 Å². The van der Waals surface area contributed by atoms with Gasteiger partial charge in [-0.1, -0.05) is 19.9 Å². The SMILES string of the molecule is CC(C)c1n[nH]c(=S)n1/N=C\c1ccccn1. The van der Waals surface area contributed by atoms with Crippen LogP contribution in [0.4, 0.5) is 0 Å². The number of aromatic nitrogens is 4. The maximum atomic E-state index is 5.12. The van der Waals surface area contributed by atoms with Crippen molar-refractivity contribution in [1.29, 1.82) is 0 Å². The minimum Gasteiger partial charge on any atom is -0.255 e. The van der Waals surface area contributed by atoms with E-state index in [-0.39, 0.29) is 5.92 Å². The van der Waals surface area contributed by atoms with Gasteiger partial charge in [0.1, 0.15) is 0 Å². The van der Waals surface area contributed by atoms with Crippen LogP contribution in [0.1, 0.15) is 31.3 Å². The summed E-state index contributed by atoms with van der Waals surface area (Å²) in [7, 11) is 0. The van der Waals surface area contributed by atoms with E-state index in [1.54, 1.807) is 17.1 Å². The molecule has 0 unspecified atom stereocenters. The summed E-state index contributed by atoms with van der Waals surface area (Å²) in [4.78, 5) is 4.16. The van der Waals surface area contributed by atoms with Crippen LogP contribution >= 0.6 is 12.2 Å². The largest absolute Gasteiger partial charge is 0.255 e. The molecule has 0 saturated heterocycles. The van der Waals surface area contributed by atoms with Gasteiger partial charge in [-0.15, -0.1) is 0 Å². The minimum absolute atomic E-state index is 0.254. The third-order valence-electron chi connectivity index (χ3n) is 2.19. The van der Waals surface area contributed by atoms with Crippen LogP contribution in [0.25, 0.3) is 0 Å². The number of hydrogen-bond acceptors (Lipinski definition) is 4. The number of hydrogen-bond donors (Lipinski definition) is 1. The van der Waals surface area contributed by atoms with E-state index >= 15 is 0 Å². The molecule has 88 valence electrons. The highest BCUT2D eigenvalue weighted by Gasteiger charge is 2.08. The fraction of sp³-hybridized carbons (Fsp3) is 0.273. The number of pyridine rings is 1. The first-order valence-corrected chi connectivity index (χ1v) is 5.72. The molecule has 5 nitrogen and oxygen atoms in total. The molecule has 6 heteroatoms. The summed E-state index contributed by atoms with van der Waals surface area (Å²) >= 11 is 5.12. The molecule has 2 aromatic rings. The minimum atomic E-state index is 0.254. The van der Waals surface area contributed by atoms with Gasteiger partial charge in [0, 0.05) is 12.1 Å². The van der Waals surface area contributed by atoms with Gasteiger partial charge >= 0.3 is 0 Å². The molecule has 0 aromatic carbocycles. The van der Waals surface area contributed by atoms with Crippen LogP contribution in [-0.2, 0) is 0 Å². The molecule has 0 bridgehead atoms. The number of H-pyrrole nitrogens is 1. The maximum absolute atomic E-state index is 5.12. The lowest BCUT2D eigenvalue weighted by Gasteiger charge is -2.02. The molecule has 0 saturated carbocycles. The Morgan fingerprint density at radius 3 is 2.94 bits per heavy atom. The third kappa shape index (κ3) is 2.65. The average Bonchev–Trinajstić information content (AvgIpc) is 2.69. The molecule has 2 heterocycles. The molecule has 2 rings (SSSR count). The summed E-state index contributed by atoms with van der Waals surface area (Å²) in [6.45, 7) is 4.08. The average molecular weight is 247 g/mol. The zero-order valence-electron chi connectivity index (χ0n) is 9.66. The van der Waals surface area contributed by atoms with E-state index in [0.29, 0.717) is 4.77 Å². The van der Waals surface area contributed by atoms with Gasteiger partial charge in [0.05, 0.1) is 11.9 Å². The third-order valence-corrected chi connectivity index (χ3v) is 2.45. The standard InChI is InChI=1S/C11H13N5S/c1-8(2)10-14-15-11(17)16(10)13-7-9-5-3-4-6-12-9/h3-8H,1-2H3,(H,15,17)/b13-7-. The lowest BCUT2D eigenvalue weighted by molar-refractivity contribution is 0.695. The summed E-state index contributed by atoms with van der Waals surface area (Å²) in [6, 6.07) is 5.65. The fourth-order valence-corrected chi connectivity index (χ4v) is 1.54. The van der Waals surface area contributed by atoms with E-state index in [1.807, 2.05) is 32.0 Å². The zero-order chi connectivity index (χ0) is 12.3. The van der Waals surface area contributed by atoms with Crippen LogP contribution in [0.3, 0.4) is 0 Å². The van der Waals surface area contributed by atoms with Crippen molar-refractivity contribution in [3.8, 4) is 0 Å². The van der Waals surface area contributed by atoms with Crippen molar-refractivity contribution in [2.75, 3.05) is 0 Å². The van der Waals surface area contributed by atoms with Crippen LogP contribution in [0.2, 0.25) is 0 Å². The smallest absolute Gasteiger partial charge is 0.216 e. The van der Waals surface area contributed by atoms with E-state index in [1.165, 1.54) is 0 Å². The molecule has 0 atom stereocenters. The Hall–Kier alpha value is -1.82. The summed E-state index contributed by atoms with van der Waals surface area (Å²) in [5.74, 6) is 1.06. The second-order valence-corrected chi connectivity index (χ2v) is 4.24. The fourth-order valence-electron chi connectivity index (χ4n) is 1.36. The predicted molar refractivity (Wildman–Crippen MR) is 68.7 cm³/mol. The number of rotatable bonds is 3. The van der Waals surface area contributed by atoms with Gasteiger partial charge in [0.25, 0.3) is 0 Å². The predicted octanol–water partition coefficient (Wildman–Crippen LogP) is 2.34. The highest BCUT2D eigenvalue weighted by molar-refractivity contribution is 7.71. The van der Waals surface area contributed by atoms with Crippen molar-refractivity contribution < 1.29 is 0 Å². The highest BCUT2D eigenvalue weighted by Crippen LogP contribution is 2.10. The molecule has 0 fully saturated rings. The Kier molecular flexibility index (Phi) is 3.43. The molecule has 1 N–H and O–H groups in total. The highest BCUT2D eigenvalue weighted by atomic mass is 32.1. The zero-order valence-corrected chi connectivity index (χ0v) is 10.5. The normalized spacial score (nSPS) is 11.5. The van der Waals surface area contributed by atoms with E-state index in [4.69, 9.17) is 12.2 Å². The van der Waals surface area contributed by atoms with Crippen LogP contribution in [0.5, 0.6) is 0 Å². The molecule has 0 radical (unpaired) electrons. The van der Waals surface area contributed by atoms with Crippen LogP contribution in [-0.4, -0.2) is 26.1 Å². The molecule has 0 spiro atoms. The van der Waals surface area contributed by atoms with Gasteiger partial charge in [0.2, 0.25) is 4.77 Å². The molecular formula is C11H13N5S. The molecule has 0 aliphatic carbocycles. The van der Waals surface area contributed by atoms with E-state index in [9.17, 15) is 0 Å². The first-order valence-electron chi connectivity index (χ1n) is 5.31. The van der Waals surface area contributed by atoms with Gasteiger partial charge in [0.15, 0.2) is 5.82 Å². The number of nitrogens with one attached hydrogen (secondary N) is 1. The summed E-state index contributed by atoms with van der Waals surface area (Å²) in [6.07, 6.45) is 3.39. The van der Waals surface area contributed by atoms with Crippen molar-refractivity contribution in [2.45, 2.75) is 19.8 Å². The van der Waals surface area contributed by atoms with Gasteiger partial charge in [-0.3, -0.25) is 10.1 Å². The molecule has 2 aromatic heterocycles. The molecule has 0 aliphatic rings. The van der Waals surface area contributed by atoms with Gasteiger partial charge in [-0.2, -0.15) is 14.9 Å². The molecule has 0 amide bonds. The second kappa shape index (κ2) is 5.01. The number of nitrogens with zero attached hydrogens (tertiary/aromatic N) is 4. The molecule has 0 aliphatic heterocycles. The maximum Gasteiger partial charge on any atom is 0.216 e. The van der Waals surface area contributed by atoms with Crippen molar-refractivity contribution >= 4 is 18.4 Å². The Balaban J connectivity index is 2.33. The van der Waals surface area contributed by atoms with Crippen molar-refractivity contribution in [1.82, 2.24) is 19.9 Å². The summed E-state index contributed by atoms with van der Waals surface area (Å²) < 4.78 is 2.11. The first-order chi connectivity index (χ1) is 8.18. The Labute approximate surface area is 104 Å². The van der Waals surface area contributed by atoms with Gasteiger partial charge < -0.3 is 0 Å². The van der Waals surface area contributed by atoms with Crippen LogP contribution < -0.4 is 0 Å². The topological polar surface area (TPSA) is 58.9 Å². The van der Waals surface area contributed by atoms with E-state index < -0.39 is 0 Å². The quantitative estimate of drug-likeness (QED) is 0.669. The Bertz CT molecular complexity index is 567. The van der Waals surface area contributed by atoms with Crippen molar-refractivity contribution in [3.05, 3.63) is 40.7 Å². The lowest BCUT2D eigenvalue weighted by atomic mass is 10.2. The second-order valence-electron chi connectivity index (χ2n) is 3.85. The number of aromatic amines is 1. The molecule has 17 heavy (non-hydrogen) atoms.